The van der Waals surface area contributed by atoms with Gasteiger partial charge in [-0.1, -0.05) is 48.5 Å². The van der Waals surface area contributed by atoms with Crippen LogP contribution in [0.1, 0.15) is 29.9 Å². The second-order valence-electron chi connectivity index (χ2n) is 7.51. The van der Waals surface area contributed by atoms with Crippen LogP contribution >= 0.6 is 0 Å². The average Bonchev–Trinajstić information content (AvgIpc) is 3.07. The van der Waals surface area contributed by atoms with Crippen molar-refractivity contribution in [1.29, 1.82) is 0 Å². The Morgan fingerprint density at radius 1 is 0.968 bits per heavy atom. The molecule has 0 bridgehead atoms. The summed E-state index contributed by atoms with van der Waals surface area (Å²) in [5.74, 6) is -3.61. The van der Waals surface area contributed by atoms with Crippen LogP contribution in [0.15, 0.2) is 48.5 Å². The quantitative estimate of drug-likeness (QED) is 0.282. The number of esters is 1. The molecule has 0 radical (unpaired) electrons. The molecule has 0 spiro atoms. The Morgan fingerprint density at radius 2 is 1.55 bits per heavy atom. The maximum Gasteiger partial charge on any atom is 0.324 e. The summed E-state index contributed by atoms with van der Waals surface area (Å²) in [6.07, 6.45) is -0.924. The van der Waals surface area contributed by atoms with E-state index in [4.69, 9.17) is 20.9 Å². The van der Waals surface area contributed by atoms with E-state index in [-0.39, 0.29) is 38.7 Å². The molecule has 0 fully saturated rings. The number of fused-ring (bicyclic) bond motifs is 3. The second kappa shape index (κ2) is 9.72. The SMILES string of the molecule is NCCOCCC(CC(N)=O)(C(=O)O)C(=O)OCC1c2ccccc2-c2ccccc21. The van der Waals surface area contributed by atoms with Crippen molar-refractivity contribution in [2.75, 3.05) is 26.4 Å². The number of carboxylic acid groups (broad SMARTS) is 1. The smallest absolute Gasteiger partial charge is 0.324 e. The number of amides is 1. The van der Waals surface area contributed by atoms with Gasteiger partial charge in [-0.2, -0.15) is 0 Å². The van der Waals surface area contributed by atoms with Crippen LogP contribution in [0.5, 0.6) is 0 Å². The molecule has 8 nitrogen and oxygen atoms in total. The van der Waals surface area contributed by atoms with Crippen molar-refractivity contribution in [2.24, 2.45) is 16.9 Å². The third-order valence-electron chi connectivity index (χ3n) is 5.56. The monoisotopic (exact) mass is 426 g/mol. The van der Waals surface area contributed by atoms with E-state index in [0.29, 0.717) is 0 Å². The molecule has 0 saturated heterocycles. The number of benzene rings is 2. The van der Waals surface area contributed by atoms with Gasteiger partial charge in [0, 0.05) is 19.1 Å². The highest BCUT2D eigenvalue weighted by Gasteiger charge is 2.49. The molecular formula is C23H26N2O6. The Morgan fingerprint density at radius 3 is 2.06 bits per heavy atom. The molecule has 2 aromatic rings. The van der Waals surface area contributed by atoms with E-state index in [0.717, 1.165) is 22.3 Å². The van der Waals surface area contributed by atoms with E-state index in [9.17, 15) is 19.5 Å². The molecule has 3 rings (SSSR count). The average molecular weight is 426 g/mol. The van der Waals surface area contributed by atoms with Crippen LogP contribution < -0.4 is 11.5 Å². The van der Waals surface area contributed by atoms with Crippen LogP contribution in [-0.2, 0) is 23.9 Å². The molecule has 1 amide bonds. The fourth-order valence-electron chi connectivity index (χ4n) is 4.00. The highest BCUT2D eigenvalue weighted by atomic mass is 16.5. The summed E-state index contributed by atoms with van der Waals surface area (Å²) < 4.78 is 10.8. The van der Waals surface area contributed by atoms with Crippen LogP contribution in [0.2, 0.25) is 0 Å². The third kappa shape index (κ3) is 4.60. The van der Waals surface area contributed by atoms with Gasteiger partial charge in [0.1, 0.15) is 6.61 Å². The standard InChI is InChI=1S/C23H26N2O6/c24-10-12-30-11-9-23(21(27)28,13-20(25)26)22(29)31-14-19-17-7-3-1-5-15(17)16-6-2-4-8-18(16)19/h1-8,19H,9-14,24H2,(H2,25,26)(H,27,28). The fraction of sp³-hybridized carbons (Fsp3) is 0.348. The normalized spacial score (nSPS) is 14.4. The first-order valence-electron chi connectivity index (χ1n) is 10.1. The lowest BCUT2D eigenvalue weighted by Gasteiger charge is -2.27. The summed E-state index contributed by atoms with van der Waals surface area (Å²) in [5, 5.41) is 9.82. The van der Waals surface area contributed by atoms with Crippen LogP contribution in [0.25, 0.3) is 11.1 Å². The maximum absolute atomic E-state index is 13.0. The predicted molar refractivity (Wildman–Crippen MR) is 113 cm³/mol. The van der Waals surface area contributed by atoms with E-state index in [2.05, 4.69) is 0 Å². The minimum atomic E-state index is -2.11. The molecule has 0 saturated carbocycles. The summed E-state index contributed by atoms with van der Waals surface area (Å²) in [4.78, 5) is 36.7. The zero-order valence-corrected chi connectivity index (χ0v) is 17.1. The first-order valence-corrected chi connectivity index (χ1v) is 10.1. The zero-order valence-electron chi connectivity index (χ0n) is 17.1. The summed E-state index contributed by atoms with van der Waals surface area (Å²) in [6, 6.07) is 15.6. The van der Waals surface area contributed by atoms with Gasteiger partial charge in [0.2, 0.25) is 5.91 Å². The molecular weight excluding hydrogens is 400 g/mol. The number of nitrogens with two attached hydrogens (primary N) is 2. The molecule has 0 heterocycles. The lowest BCUT2D eigenvalue weighted by atomic mass is 9.81. The van der Waals surface area contributed by atoms with Crippen molar-refractivity contribution in [3.8, 4) is 11.1 Å². The Hall–Kier alpha value is -3.23. The highest BCUT2D eigenvalue weighted by Crippen LogP contribution is 2.44. The van der Waals surface area contributed by atoms with Crippen LogP contribution in [0.4, 0.5) is 0 Å². The molecule has 0 aromatic heterocycles. The Balaban J connectivity index is 1.82. The summed E-state index contributed by atoms with van der Waals surface area (Å²) >= 11 is 0. The van der Waals surface area contributed by atoms with E-state index < -0.39 is 29.7 Å². The molecule has 164 valence electrons. The Labute approximate surface area is 180 Å². The molecule has 5 N–H and O–H groups in total. The predicted octanol–water partition coefficient (Wildman–Crippen LogP) is 1.65. The molecule has 1 atom stereocenters. The summed E-state index contributed by atoms with van der Waals surface area (Å²) in [5.41, 5.74) is 12.6. The van der Waals surface area contributed by atoms with Crippen molar-refractivity contribution >= 4 is 17.8 Å². The number of carbonyl (C=O) groups is 3. The van der Waals surface area contributed by atoms with Crippen molar-refractivity contribution in [3.05, 3.63) is 59.7 Å². The van der Waals surface area contributed by atoms with Gasteiger partial charge in [0.25, 0.3) is 0 Å². The number of ether oxygens (including phenoxy) is 2. The molecule has 2 aromatic carbocycles. The van der Waals surface area contributed by atoms with Gasteiger partial charge in [0.15, 0.2) is 5.41 Å². The van der Waals surface area contributed by atoms with Gasteiger partial charge in [-0.15, -0.1) is 0 Å². The molecule has 8 heteroatoms. The van der Waals surface area contributed by atoms with Crippen molar-refractivity contribution in [2.45, 2.75) is 18.8 Å². The fourth-order valence-corrected chi connectivity index (χ4v) is 4.00. The third-order valence-corrected chi connectivity index (χ3v) is 5.56. The van der Waals surface area contributed by atoms with E-state index in [1.165, 1.54) is 0 Å². The minimum absolute atomic E-state index is 0.0513. The van der Waals surface area contributed by atoms with Gasteiger partial charge < -0.3 is 26.0 Å². The van der Waals surface area contributed by atoms with Crippen LogP contribution in [-0.4, -0.2) is 49.3 Å². The topological polar surface area (TPSA) is 142 Å². The van der Waals surface area contributed by atoms with Crippen molar-refractivity contribution in [1.82, 2.24) is 0 Å². The number of hydrogen-bond acceptors (Lipinski definition) is 6. The van der Waals surface area contributed by atoms with E-state index in [1.807, 2.05) is 48.5 Å². The molecule has 0 aliphatic heterocycles. The van der Waals surface area contributed by atoms with E-state index >= 15 is 0 Å². The number of primary amides is 1. The molecule has 31 heavy (non-hydrogen) atoms. The number of hydrogen-bond donors (Lipinski definition) is 3. The largest absolute Gasteiger partial charge is 0.480 e. The van der Waals surface area contributed by atoms with Crippen molar-refractivity contribution in [3.63, 3.8) is 0 Å². The van der Waals surface area contributed by atoms with Crippen LogP contribution in [0.3, 0.4) is 0 Å². The van der Waals surface area contributed by atoms with Gasteiger partial charge in [0.05, 0.1) is 13.0 Å². The highest BCUT2D eigenvalue weighted by molar-refractivity contribution is 6.02. The zero-order chi connectivity index (χ0) is 22.4. The van der Waals surface area contributed by atoms with Gasteiger partial charge in [-0.25, -0.2) is 0 Å². The number of rotatable bonds is 11. The second-order valence-corrected chi connectivity index (χ2v) is 7.51. The van der Waals surface area contributed by atoms with Crippen LogP contribution in [0, 0.1) is 5.41 Å². The lowest BCUT2D eigenvalue weighted by molar-refractivity contribution is -0.172. The number of aliphatic carboxylic acids is 1. The van der Waals surface area contributed by atoms with Crippen molar-refractivity contribution < 1.29 is 29.0 Å². The maximum atomic E-state index is 13.0. The molecule has 1 unspecified atom stereocenters. The lowest BCUT2D eigenvalue weighted by Crippen LogP contribution is -2.45. The minimum Gasteiger partial charge on any atom is -0.480 e. The first-order chi connectivity index (χ1) is 14.9. The van der Waals surface area contributed by atoms with Gasteiger partial charge in [-0.05, 0) is 28.7 Å². The van der Waals surface area contributed by atoms with Gasteiger partial charge >= 0.3 is 11.9 Å². The molecule has 1 aliphatic rings. The molecule has 1 aliphatic carbocycles. The number of carbonyl (C=O) groups excluding carboxylic acids is 2. The number of carboxylic acids is 1. The Bertz CT molecular complexity index is 931. The first kappa shape index (κ1) is 22.5. The summed E-state index contributed by atoms with van der Waals surface area (Å²) in [7, 11) is 0. The van der Waals surface area contributed by atoms with Gasteiger partial charge in [-0.3, -0.25) is 14.4 Å². The summed E-state index contributed by atoms with van der Waals surface area (Å²) in [6.45, 7) is 0.336. The van der Waals surface area contributed by atoms with E-state index in [1.54, 1.807) is 0 Å². The Kier molecular flexibility index (Phi) is 7.04.